The number of rotatable bonds is 5. The van der Waals surface area contributed by atoms with Gasteiger partial charge in [0.05, 0.1) is 12.7 Å². The molecule has 0 aliphatic heterocycles. The molecule has 0 aromatic heterocycles. The first kappa shape index (κ1) is 14.7. The van der Waals surface area contributed by atoms with Crippen LogP contribution in [0, 0.1) is 11.6 Å². The Morgan fingerprint density at radius 1 is 1.33 bits per heavy atom. The molecule has 1 aromatic carbocycles. The van der Waals surface area contributed by atoms with Gasteiger partial charge in [0.15, 0.2) is 5.78 Å². The van der Waals surface area contributed by atoms with Crippen LogP contribution in [0.4, 0.5) is 8.78 Å². The Morgan fingerprint density at radius 2 is 1.94 bits per heavy atom. The number of benzene rings is 1. The molecule has 0 bridgehead atoms. The third-order valence-electron chi connectivity index (χ3n) is 2.13. The molecule has 0 amide bonds. The number of carbonyl (C=O) groups is 1. The molecule has 5 nitrogen and oxygen atoms in total. The van der Waals surface area contributed by atoms with Crippen LogP contribution in [0.15, 0.2) is 17.0 Å². The first-order valence-corrected chi connectivity index (χ1v) is 6.38. The summed E-state index contributed by atoms with van der Waals surface area (Å²) in [4.78, 5) is 16.3. The Kier molecular flexibility index (Phi) is 4.49. The highest BCUT2D eigenvalue weighted by Gasteiger charge is 2.23. The molecule has 100 valence electrons. The summed E-state index contributed by atoms with van der Waals surface area (Å²) in [6, 6.07) is 1.00. The summed E-state index contributed by atoms with van der Waals surface area (Å²) in [5.74, 6) is -3.03. The second-order valence-corrected chi connectivity index (χ2v) is 4.94. The molecule has 1 N–H and O–H groups in total. The van der Waals surface area contributed by atoms with Crippen LogP contribution in [-0.2, 0) is 14.9 Å². The second-order valence-electron chi connectivity index (χ2n) is 3.33. The third-order valence-corrected chi connectivity index (χ3v) is 3.40. The average Bonchev–Trinajstić information content (AvgIpc) is 2.27. The highest BCUT2D eigenvalue weighted by Crippen LogP contribution is 2.20. The van der Waals surface area contributed by atoms with Gasteiger partial charge in [-0.2, -0.15) is 0 Å². The van der Waals surface area contributed by atoms with E-state index in [1.54, 1.807) is 4.89 Å². The van der Waals surface area contributed by atoms with Gasteiger partial charge in [0, 0.05) is 12.5 Å². The summed E-state index contributed by atoms with van der Waals surface area (Å²) in [6.07, 6.45) is -0.0280. The van der Waals surface area contributed by atoms with Gasteiger partial charge in [0.1, 0.15) is 16.5 Å². The van der Waals surface area contributed by atoms with Crippen molar-refractivity contribution in [3.63, 3.8) is 0 Å². The van der Waals surface area contributed by atoms with Crippen LogP contribution in [-0.4, -0.2) is 21.3 Å². The lowest BCUT2D eigenvalue weighted by Crippen LogP contribution is -2.24. The van der Waals surface area contributed by atoms with Gasteiger partial charge in [-0.05, 0) is 6.07 Å². The lowest BCUT2D eigenvalue weighted by Gasteiger charge is -2.08. The average molecular weight is 279 g/mol. The van der Waals surface area contributed by atoms with Crippen molar-refractivity contribution in [2.45, 2.75) is 18.2 Å². The molecule has 0 heterocycles. The fourth-order valence-electron chi connectivity index (χ4n) is 1.29. The highest BCUT2D eigenvalue weighted by molar-refractivity contribution is 7.89. The Bertz CT molecular complexity index is 571. The fraction of sp³-hybridized carbons (Fsp3) is 0.300. The Labute approximate surface area is 103 Å². The van der Waals surface area contributed by atoms with E-state index in [9.17, 15) is 22.0 Å². The summed E-state index contributed by atoms with van der Waals surface area (Å²) in [5, 5.41) is 0. The van der Waals surface area contributed by atoms with Gasteiger partial charge in [0.2, 0.25) is 0 Å². The van der Waals surface area contributed by atoms with E-state index < -0.39 is 37.9 Å². The van der Waals surface area contributed by atoms with E-state index in [2.05, 4.69) is 4.84 Å². The van der Waals surface area contributed by atoms with Crippen molar-refractivity contribution in [3.8, 4) is 0 Å². The summed E-state index contributed by atoms with van der Waals surface area (Å²) in [6.45, 7) is 1.48. The second kappa shape index (κ2) is 5.51. The van der Waals surface area contributed by atoms with E-state index in [-0.39, 0.29) is 6.42 Å². The number of nitrogens with one attached hydrogen (secondary N) is 1. The minimum Gasteiger partial charge on any atom is -0.294 e. The SMILES string of the molecule is CCC(=O)c1cc(S(=O)(=O)NOC)c(F)cc1F. The molecule has 0 aliphatic rings. The van der Waals surface area contributed by atoms with Crippen LogP contribution in [0.3, 0.4) is 0 Å². The minimum atomic E-state index is -4.29. The van der Waals surface area contributed by atoms with Crippen molar-refractivity contribution in [1.29, 1.82) is 0 Å². The predicted molar refractivity (Wildman–Crippen MR) is 58.3 cm³/mol. The largest absolute Gasteiger partial charge is 0.294 e. The molecule has 1 aromatic rings. The van der Waals surface area contributed by atoms with E-state index >= 15 is 0 Å². The summed E-state index contributed by atoms with van der Waals surface area (Å²) >= 11 is 0. The quantitative estimate of drug-likeness (QED) is 0.653. The van der Waals surface area contributed by atoms with Gasteiger partial charge in [-0.3, -0.25) is 9.63 Å². The molecule has 0 saturated heterocycles. The van der Waals surface area contributed by atoms with Crippen molar-refractivity contribution in [1.82, 2.24) is 4.89 Å². The zero-order chi connectivity index (χ0) is 13.9. The number of Topliss-reactive ketones (excluding diaryl/α,β-unsaturated/α-hetero) is 1. The Morgan fingerprint density at radius 3 is 2.44 bits per heavy atom. The number of hydrogen-bond acceptors (Lipinski definition) is 4. The number of hydrogen-bond donors (Lipinski definition) is 1. The van der Waals surface area contributed by atoms with Crippen LogP contribution in [0.5, 0.6) is 0 Å². The molecule has 18 heavy (non-hydrogen) atoms. The van der Waals surface area contributed by atoms with Crippen molar-refractivity contribution in [2.24, 2.45) is 0 Å². The number of carbonyl (C=O) groups excluding carboxylic acids is 1. The summed E-state index contributed by atoms with van der Waals surface area (Å²) in [5.41, 5.74) is -0.477. The van der Waals surface area contributed by atoms with Crippen molar-refractivity contribution in [2.75, 3.05) is 7.11 Å². The maximum absolute atomic E-state index is 13.4. The van der Waals surface area contributed by atoms with Crippen LogP contribution >= 0.6 is 0 Å². The summed E-state index contributed by atoms with van der Waals surface area (Å²) < 4.78 is 49.8. The molecule has 0 unspecified atom stereocenters. The molecule has 0 aliphatic carbocycles. The van der Waals surface area contributed by atoms with Crippen LogP contribution in [0.1, 0.15) is 23.7 Å². The molecule has 0 radical (unpaired) electrons. The topological polar surface area (TPSA) is 72.5 Å². The van der Waals surface area contributed by atoms with Gasteiger partial charge in [0.25, 0.3) is 10.0 Å². The van der Waals surface area contributed by atoms with E-state index in [0.717, 1.165) is 7.11 Å². The van der Waals surface area contributed by atoms with E-state index in [1.807, 2.05) is 0 Å². The first-order valence-electron chi connectivity index (χ1n) is 4.90. The smallest absolute Gasteiger partial charge is 0.265 e. The normalized spacial score (nSPS) is 11.6. The zero-order valence-electron chi connectivity index (χ0n) is 9.66. The number of sulfonamides is 1. The van der Waals surface area contributed by atoms with Crippen LogP contribution in [0.2, 0.25) is 0 Å². The summed E-state index contributed by atoms with van der Waals surface area (Å²) in [7, 11) is -3.26. The van der Waals surface area contributed by atoms with E-state index in [4.69, 9.17) is 0 Å². The van der Waals surface area contributed by atoms with Gasteiger partial charge in [-0.25, -0.2) is 17.2 Å². The molecule has 1 rings (SSSR count). The van der Waals surface area contributed by atoms with E-state index in [1.165, 1.54) is 6.92 Å². The van der Waals surface area contributed by atoms with Crippen molar-refractivity contribution < 1.29 is 26.8 Å². The number of halogens is 2. The van der Waals surface area contributed by atoms with Gasteiger partial charge in [-0.15, -0.1) is 0 Å². The standard InChI is InChI=1S/C10H11F2NO4S/c1-3-9(14)6-4-10(8(12)5-7(6)11)18(15,16)13-17-2/h4-5,13H,3H2,1-2H3. The maximum Gasteiger partial charge on any atom is 0.265 e. The molecular formula is C10H11F2NO4S. The zero-order valence-corrected chi connectivity index (χ0v) is 10.5. The molecular weight excluding hydrogens is 268 g/mol. The maximum atomic E-state index is 13.4. The molecule has 0 spiro atoms. The number of ketones is 1. The predicted octanol–water partition coefficient (Wildman–Crippen LogP) is 1.40. The van der Waals surface area contributed by atoms with Crippen LogP contribution < -0.4 is 4.89 Å². The van der Waals surface area contributed by atoms with Crippen molar-refractivity contribution in [3.05, 3.63) is 29.3 Å². The Balaban J connectivity index is 3.43. The molecule has 0 fully saturated rings. The first-order chi connectivity index (χ1) is 8.33. The molecule has 0 saturated carbocycles. The van der Waals surface area contributed by atoms with Gasteiger partial charge in [-0.1, -0.05) is 11.8 Å². The van der Waals surface area contributed by atoms with Gasteiger partial charge < -0.3 is 0 Å². The molecule has 0 atom stereocenters. The van der Waals surface area contributed by atoms with Crippen LogP contribution in [0.25, 0.3) is 0 Å². The van der Waals surface area contributed by atoms with Crippen molar-refractivity contribution >= 4 is 15.8 Å². The minimum absolute atomic E-state index is 0.0280. The van der Waals surface area contributed by atoms with Gasteiger partial charge >= 0.3 is 0 Å². The Hall–Kier alpha value is -1.38. The van der Waals surface area contributed by atoms with E-state index in [0.29, 0.717) is 12.1 Å². The fourth-order valence-corrected chi connectivity index (χ4v) is 2.19. The molecule has 8 heteroatoms. The lowest BCUT2D eigenvalue weighted by molar-refractivity contribution is 0.0984. The highest BCUT2D eigenvalue weighted by atomic mass is 32.2. The third kappa shape index (κ3) is 2.89. The lowest BCUT2D eigenvalue weighted by atomic mass is 10.1. The monoisotopic (exact) mass is 279 g/mol.